The summed E-state index contributed by atoms with van der Waals surface area (Å²) in [6.07, 6.45) is 4.53. The summed E-state index contributed by atoms with van der Waals surface area (Å²) in [6.45, 7) is -0.511. The van der Waals surface area contributed by atoms with Crippen LogP contribution < -0.4 is 10.9 Å². The average molecular weight is 470 g/mol. The quantitative estimate of drug-likeness (QED) is 0.420. The number of hydrogen-bond donors (Lipinski definition) is 2. The first-order valence-corrected chi connectivity index (χ1v) is 11.4. The number of carbonyl (C=O) groups is 3. The molecule has 2 N–H and O–H groups in total. The van der Waals surface area contributed by atoms with Gasteiger partial charge in [0.1, 0.15) is 5.00 Å². The zero-order chi connectivity index (χ0) is 23.4. The van der Waals surface area contributed by atoms with Crippen molar-refractivity contribution in [2.24, 2.45) is 0 Å². The van der Waals surface area contributed by atoms with Gasteiger partial charge in [0.25, 0.3) is 11.5 Å². The zero-order valence-electron chi connectivity index (χ0n) is 18.1. The highest BCUT2D eigenvalue weighted by Gasteiger charge is 2.26. The molecule has 1 aliphatic rings. The fourth-order valence-electron chi connectivity index (χ4n) is 3.95. The maximum atomic E-state index is 12.5. The Labute approximate surface area is 193 Å². The molecular weight excluding hydrogens is 446 g/mol. The molecule has 33 heavy (non-hydrogen) atoms. The summed E-state index contributed by atoms with van der Waals surface area (Å²) in [5.74, 6) is -1.70. The number of amides is 1. The molecule has 2 heterocycles. The third-order valence-corrected chi connectivity index (χ3v) is 6.72. The smallest absolute Gasteiger partial charge is 0.341 e. The number of aryl methyl sites for hydroxylation is 1. The lowest BCUT2D eigenvalue weighted by Gasteiger charge is -2.08. The fourth-order valence-corrected chi connectivity index (χ4v) is 5.25. The molecule has 1 aromatic carbocycles. The molecule has 9 nitrogen and oxygen atoms in total. The molecule has 2 aromatic heterocycles. The van der Waals surface area contributed by atoms with Crippen LogP contribution >= 0.6 is 11.3 Å². The summed E-state index contributed by atoms with van der Waals surface area (Å²) in [5, 5.41) is 10.4. The van der Waals surface area contributed by atoms with Crippen molar-refractivity contribution in [2.75, 3.05) is 19.0 Å². The van der Waals surface area contributed by atoms with Crippen LogP contribution in [0.1, 0.15) is 45.8 Å². The summed E-state index contributed by atoms with van der Waals surface area (Å²) >= 11 is 1.37. The Bertz CT molecular complexity index is 1280. The Morgan fingerprint density at radius 1 is 1.12 bits per heavy atom. The molecule has 0 unspecified atom stereocenters. The van der Waals surface area contributed by atoms with Crippen LogP contribution in [-0.2, 0) is 38.3 Å². The number of ether oxygens (including phenoxy) is 2. The largest absolute Gasteiger partial charge is 0.465 e. The number of fused-ring (bicyclic) bond motifs is 2. The van der Waals surface area contributed by atoms with Crippen molar-refractivity contribution in [1.29, 1.82) is 0 Å². The minimum absolute atomic E-state index is 0.203. The standard InChI is InChI=1S/C23H23N3O6S/c1-31-23(30)20-15-9-3-2-4-10-17(15)33-22(20)24-18(27)12-32-19(28)11-16-13-7-5-6-8-14(13)21(29)26-25-16/h5-8H,2-4,9-12H2,1H3,(H,24,27)(H,26,29). The Morgan fingerprint density at radius 3 is 2.67 bits per heavy atom. The van der Waals surface area contributed by atoms with Crippen LogP contribution in [0.25, 0.3) is 10.8 Å². The van der Waals surface area contributed by atoms with Gasteiger partial charge < -0.3 is 14.8 Å². The summed E-state index contributed by atoms with van der Waals surface area (Å²) in [7, 11) is 1.31. The highest BCUT2D eigenvalue weighted by Crippen LogP contribution is 2.37. The number of aromatic amines is 1. The molecule has 0 fully saturated rings. The maximum absolute atomic E-state index is 12.5. The number of benzene rings is 1. The van der Waals surface area contributed by atoms with Crippen LogP contribution in [0, 0.1) is 0 Å². The first-order valence-electron chi connectivity index (χ1n) is 10.6. The monoisotopic (exact) mass is 469 g/mol. The van der Waals surface area contributed by atoms with E-state index in [0.29, 0.717) is 27.0 Å². The third-order valence-electron chi connectivity index (χ3n) is 5.51. The van der Waals surface area contributed by atoms with Gasteiger partial charge in [-0.15, -0.1) is 11.3 Å². The Morgan fingerprint density at radius 2 is 1.88 bits per heavy atom. The van der Waals surface area contributed by atoms with Crippen LogP contribution in [0.15, 0.2) is 29.1 Å². The van der Waals surface area contributed by atoms with Crippen LogP contribution in [0.4, 0.5) is 5.00 Å². The molecule has 4 rings (SSSR count). The number of aromatic nitrogens is 2. The van der Waals surface area contributed by atoms with Gasteiger partial charge in [-0.25, -0.2) is 9.89 Å². The summed E-state index contributed by atoms with van der Waals surface area (Å²) in [6, 6.07) is 6.80. The number of methoxy groups -OCH3 is 1. The predicted octanol–water partition coefficient (Wildman–Crippen LogP) is 2.76. The molecule has 0 atom stereocenters. The average Bonchev–Trinajstić information content (AvgIpc) is 2.99. The third kappa shape index (κ3) is 4.95. The van der Waals surface area contributed by atoms with E-state index < -0.39 is 24.5 Å². The second-order valence-electron chi connectivity index (χ2n) is 7.69. The second-order valence-corrected chi connectivity index (χ2v) is 8.80. The molecule has 0 radical (unpaired) electrons. The van der Waals surface area contributed by atoms with Gasteiger partial charge in [-0.1, -0.05) is 24.6 Å². The fraction of sp³-hybridized carbons (Fsp3) is 0.348. The van der Waals surface area contributed by atoms with Crippen molar-refractivity contribution in [2.45, 2.75) is 38.5 Å². The number of thiophene rings is 1. The van der Waals surface area contributed by atoms with E-state index in [4.69, 9.17) is 9.47 Å². The highest BCUT2D eigenvalue weighted by molar-refractivity contribution is 7.17. The van der Waals surface area contributed by atoms with E-state index in [2.05, 4.69) is 15.5 Å². The second kappa shape index (κ2) is 9.95. The Balaban J connectivity index is 1.42. The number of nitrogens with zero attached hydrogens (tertiary/aromatic N) is 1. The van der Waals surface area contributed by atoms with Crippen LogP contribution in [-0.4, -0.2) is 41.8 Å². The number of nitrogens with one attached hydrogen (secondary N) is 2. The molecule has 0 saturated carbocycles. The van der Waals surface area contributed by atoms with Crippen molar-refractivity contribution in [1.82, 2.24) is 10.2 Å². The summed E-state index contributed by atoms with van der Waals surface area (Å²) in [5.41, 5.74) is 1.33. The van der Waals surface area contributed by atoms with E-state index in [-0.39, 0.29) is 12.0 Å². The zero-order valence-corrected chi connectivity index (χ0v) is 18.9. The van der Waals surface area contributed by atoms with Gasteiger partial charge in [0.15, 0.2) is 6.61 Å². The lowest BCUT2D eigenvalue weighted by atomic mass is 10.1. The van der Waals surface area contributed by atoms with Crippen molar-refractivity contribution in [3.8, 4) is 0 Å². The van der Waals surface area contributed by atoms with Crippen molar-refractivity contribution in [3.63, 3.8) is 0 Å². The molecule has 1 aliphatic carbocycles. The number of anilines is 1. The SMILES string of the molecule is COC(=O)c1c(NC(=O)COC(=O)Cc2n[nH]c(=O)c3ccccc23)sc2c1CCCCC2. The molecule has 0 saturated heterocycles. The van der Waals surface area contributed by atoms with E-state index in [9.17, 15) is 19.2 Å². The number of H-pyrrole nitrogens is 1. The first-order chi connectivity index (χ1) is 16.0. The molecule has 10 heteroatoms. The highest BCUT2D eigenvalue weighted by atomic mass is 32.1. The van der Waals surface area contributed by atoms with E-state index >= 15 is 0 Å². The molecular formula is C23H23N3O6S. The minimum Gasteiger partial charge on any atom is -0.465 e. The molecule has 172 valence electrons. The van der Waals surface area contributed by atoms with Crippen molar-refractivity contribution >= 4 is 45.0 Å². The summed E-state index contributed by atoms with van der Waals surface area (Å²) < 4.78 is 10.0. The molecule has 1 amide bonds. The van der Waals surface area contributed by atoms with Crippen LogP contribution in [0.5, 0.6) is 0 Å². The van der Waals surface area contributed by atoms with E-state index in [0.717, 1.165) is 42.5 Å². The van der Waals surface area contributed by atoms with Gasteiger partial charge in [-0.05, 0) is 37.3 Å². The van der Waals surface area contributed by atoms with E-state index in [1.165, 1.54) is 18.4 Å². The molecule has 0 spiro atoms. The lowest BCUT2D eigenvalue weighted by Crippen LogP contribution is -2.23. The summed E-state index contributed by atoms with van der Waals surface area (Å²) in [4.78, 5) is 50.1. The van der Waals surface area contributed by atoms with E-state index in [1.807, 2.05) is 0 Å². The van der Waals surface area contributed by atoms with Gasteiger partial charge >= 0.3 is 11.9 Å². The van der Waals surface area contributed by atoms with Gasteiger partial charge in [-0.2, -0.15) is 5.10 Å². The van der Waals surface area contributed by atoms with E-state index in [1.54, 1.807) is 24.3 Å². The Hall–Kier alpha value is -3.53. The van der Waals surface area contributed by atoms with Crippen molar-refractivity contribution < 1.29 is 23.9 Å². The molecule has 0 bridgehead atoms. The first kappa shape index (κ1) is 22.7. The number of esters is 2. The number of rotatable bonds is 6. The topological polar surface area (TPSA) is 127 Å². The Kier molecular flexibility index (Phi) is 6.83. The molecule has 0 aliphatic heterocycles. The normalized spacial score (nSPS) is 13.1. The van der Waals surface area contributed by atoms with Gasteiger partial charge in [-0.3, -0.25) is 14.4 Å². The predicted molar refractivity (Wildman–Crippen MR) is 123 cm³/mol. The van der Waals surface area contributed by atoms with Gasteiger partial charge in [0.05, 0.1) is 30.2 Å². The van der Waals surface area contributed by atoms with Crippen LogP contribution in [0.3, 0.4) is 0 Å². The molecule has 3 aromatic rings. The maximum Gasteiger partial charge on any atom is 0.341 e. The number of hydrogen-bond acceptors (Lipinski definition) is 8. The van der Waals surface area contributed by atoms with Gasteiger partial charge in [0.2, 0.25) is 0 Å². The number of carbonyl (C=O) groups excluding carboxylic acids is 3. The van der Waals surface area contributed by atoms with Crippen LogP contribution in [0.2, 0.25) is 0 Å². The van der Waals surface area contributed by atoms with Crippen molar-refractivity contribution in [3.05, 3.63) is 56.3 Å². The van der Waals surface area contributed by atoms with Gasteiger partial charge in [0, 0.05) is 10.3 Å². The lowest BCUT2D eigenvalue weighted by molar-refractivity contribution is -0.146. The minimum atomic E-state index is -0.662.